The highest BCUT2D eigenvalue weighted by Crippen LogP contribution is 2.29. The third-order valence-electron chi connectivity index (χ3n) is 3.83. The van der Waals surface area contributed by atoms with Crippen LogP contribution in [0.5, 0.6) is 5.75 Å². The van der Waals surface area contributed by atoms with Gasteiger partial charge in [0.05, 0.1) is 19.2 Å². The van der Waals surface area contributed by atoms with Crippen molar-refractivity contribution in [2.45, 2.75) is 6.18 Å². The summed E-state index contributed by atoms with van der Waals surface area (Å²) >= 11 is 1.33. The molecular formula is C21H15F3N2O2S. The molecule has 1 aromatic heterocycles. The number of thiazole rings is 1. The maximum absolute atomic E-state index is 12.7. The Morgan fingerprint density at radius 2 is 1.97 bits per heavy atom. The van der Waals surface area contributed by atoms with Crippen LogP contribution in [0.1, 0.15) is 21.6 Å². The zero-order chi connectivity index (χ0) is 20.9. The highest BCUT2D eigenvalue weighted by molar-refractivity contribution is 7.13. The number of nitrogens with zero attached hydrogens (tertiary/aromatic N) is 1. The van der Waals surface area contributed by atoms with E-state index in [4.69, 9.17) is 4.74 Å². The molecule has 3 aromatic rings. The molecule has 148 valence electrons. The van der Waals surface area contributed by atoms with Crippen LogP contribution in [0.15, 0.2) is 53.9 Å². The first-order valence-electron chi connectivity index (χ1n) is 8.41. The van der Waals surface area contributed by atoms with E-state index in [9.17, 15) is 18.0 Å². The number of aromatic nitrogens is 1. The summed E-state index contributed by atoms with van der Waals surface area (Å²) in [5, 5.41) is 4.91. The topological polar surface area (TPSA) is 51.2 Å². The maximum atomic E-state index is 12.7. The lowest BCUT2D eigenvalue weighted by Crippen LogP contribution is -2.23. The van der Waals surface area contributed by atoms with Gasteiger partial charge in [0.15, 0.2) is 0 Å². The molecule has 0 atom stereocenters. The smallest absolute Gasteiger partial charge is 0.416 e. The second-order valence-electron chi connectivity index (χ2n) is 5.83. The van der Waals surface area contributed by atoms with E-state index in [1.165, 1.54) is 23.5 Å². The number of alkyl halides is 3. The fraction of sp³-hybridized carbons (Fsp3) is 0.143. The standard InChI is InChI=1S/C21H15F3N2O2S/c1-28-17-9-7-15(8-10-17)20-26-18(13-29-20)19(27)25-11-3-5-14-4-2-6-16(12-14)21(22,23)24/h2,4,6-10,12-13H,11H2,1H3,(H,25,27). The number of carbonyl (C=O) groups excluding carboxylic acids is 1. The third kappa shape index (κ3) is 5.36. The van der Waals surface area contributed by atoms with Gasteiger partial charge in [-0.3, -0.25) is 4.79 Å². The average Bonchev–Trinajstić information content (AvgIpc) is 3.21. The fourth-order valence-corrected chi connectivity index (χ4v) is 3.19. The molecule has 0 unspecified atom stereocenters. The molecule has 0 aliphatic rings. The minimum atomic E-state index is -4.42. The van der Waals surface area contributed by atoms with Gasteiger partial charge in [-0.15, -0.1) is 11.3 Å². The van der Waals surface area contributed by atoms with Crippen molar-refractivity contribution in [2.24, 2.45) is 0 Å². The predicted molar refractivity (Wildman–Crippen MR) is 105 cm³/mol. The van der Waals surface area contributed by atoms with Crippen molar-refractivity contribution in [3.63, 3.8) is 0 Å². The minimum Gasteiger partial charge on any atom is -0.497 e. The van der Waals surface area contributed by atoms with Crippen LogP contribution in [0, 0.1) is 11.8 Å². The number of benzene rings is 2. The molecule has 0 saturated heterocycles. The van der Waals surface area contributed by atoms with E-state index in [0.717, 1.165) is 23.4 Å². The van der Waals surface area contributed by atoms with Crippen LogP contribution in [0.3, 0.4) is 0 Å². The molecule has 0 fully saturated rings. The highest BCUT2D eigenvalue weighted by atomic mass is 32.1. The molecule has 1 N–H and O–H groups in total. The van der Waals surface area contributed by atoms with E-state index in [0.29, 0.717) is 5.01 Å². The number of nitrogens with one attached hydrogen (secondary N) is 1. The first-order chi connectivity index (χ1) is 13.9. The summed E-state index contributed by atoms with van der Waals surface area (Å²) < 4.78 is 43.2. The fourth-order valence-electron chi connectivity index (χ4n) is 2.38. The molecule has 4 nitrogen and oxygen atoms in total. The van der Waals surface area contributed by atoms with E-state index in [1.54, 1.807) is 24.6 Å². The summed E-state index contributed by atoms with van der Waals surface area (Å²) in [7, 11) is 1.58. The summed E-state index contributed by atoms with van der Waals surface area (Å²) in [6, 6.07) is 12.0. The highest BCUT2D eigenvalue weighted by Gasteiger charge is 2.30. The third-order valence-corrected chi connectivity index (χ3v) is 4.73. The van der Waals surface area contributed by atoms with Gasteiger partial charge in [-0.1, -0.05) is 17.9 Å². The van der Waals surface area contributed by atoms with E-state index in [2.05, 4.69) is 22.1 Å². The van der Waals surface area contributed by atoms with Crippen molar-refractivity contribution < 1.29 is 22.7 Å². The number of amides is 1. The Labute approximate surface area is 169 Å². The molecule has 3 rings (SSSR count). The number of rotatable bonds is 4. The lowest BCUT2D eigenvalue weighted by atomic mass is 10.1. The summed E-state index contributed by atoms with van der Waals surface area (Å²) in [4.78, 5) is 16.5. The summed E-state index contributed by atoms with van der Waals surface area (Å²) in [6.07, 6.45) is -4.42. The molecule has 2 aromatic carbocycles. The van der Waals surface area contributed by atoms with E-state index in [-0.39, 0.29) is 17.8 Å². The monoisotopic (exact) mass is 416 g/mol. The molecule has 0 spiro atoms. The van der Waals surface area contributed by atoms with Gasteiger partial charge in [-0.2, -0.15) is 13.2 Å². The Hall–Kier alpha value is -3.31. The van der Waals surface area contributed by atoms with Gasteiger partial charge >= 0.3 is 6.18 Å². The molecule has 1 amide bonds. The maximum Gasteiger partial charge on any atom is 0.416 e. The van der Waals surface area contributed by atoms with Crippen LogP contribution in [-0.2, 0) is 6.18 Å². The van der Waals surface area contributed by atoms with Gasteiger partial charge in [0.1, 0.15) is 16.5 Å². The van der Waals surface area contributed by atoms with E-state index < -0.39 is 17.6 Å². The van der Waals surface area contributed by atoms with Crippen molar-refractivity contribution in [3.8, 4) is 28.2 Å². The van der Waals surface area contributed by atoms with E-state index in [1.807, 2.05) is 12.1 Å². The molecule has 0 aliphatic carbocycles. The first-order valence-corrected chi connectivity index (χ1v) is 9.29. The quantitative estimate of drug-likeness (QED) is 0.632. The normalized spacial score (nSPS) is 10.8. The molecule has 1 heterocycles. The molecule has 8 heteroatoms. The SMILES string of the molecule is COc1ccc(-c2nc(C(=O)NCC#Cc3cccc(C(F)(F)F)c3)cs2)cc1. The van der Waals surface area contributed by atoms with Crippen LogP contribution in [-0.4, -0.2) is 24.5 Å². The Kier molecular flexibility index (Phi) is 6.20. The number of hydrogen-bond acceptors (Lipinski definition) is 4. The second kappa shape index (κ2) is 8.80. The summed E-state index contributed by atoms with van der Waals surface area (Å²) in [5.41, 5.74) is 0.576. The van der Waals surface area contributed by atoms with Gasteiger partial charge in [0, 0.05) is 16.5 Å². The van der Waals surface area contributed by atoms with Crippen LogP contribution >= 0.6 is 11.3 Å². The Balaban J connectivity index is 1.60. The lowest BCUT2D eigenvalue weighted by Gasteiger charge is -2.05. The molecule has 0 bridgehead atoms. The van der Waals surface area contributed by atoms with Crippen LogP contribution < -0.4 is 10.1 Å². The van der Waals surface area contributed by atoms with Crippen molar-refractivity contribution in [2.75, 3.05) is 13.7 Å². The van der Waals surface area contributed by atoms with Crippen LogP contribution in [0.4, 0.5) is 13.2 Å². The zero-order valence-corrected chi connectivity index (χ0v) is 16.0. The molecule has 29 heavy (non-hydrogen) atoms. The van der Waals surface area contributed by atoms with Crippen LogP contribution in [0.25, 0.3) is 10.6 Å². The second-order valence-corrected chi connectivity index (χ2v) is 6.69. The number of methoxy groups -OCH3 is 1. The molecule has 0 aliphatic heterocycles. The van der Waals surface area contributed by atoms with Gasteiger partial charge in [0.25, 0.3) is 5.91 Å². The van der Waals surface area contributed by atoms with Gasteiger partial charge < -0.3 is 10.1 Å². The zero-order valence-electron chi connectivity index (χ0n) is 15.2. The van der Waals surface area contributed by atoms with Gasteiger partial charge in [-0.25, -0.2) is 4.98 Å². The molecular weight excluding hydrogens is 401 g/mol. The Bertz CT molecular complexity index is 1060. The minimum absolute atomic E-state index is 0.00945. The number of ether oxygens (including phenoxy) is 1. The van der Waals surface area contributed by atoms with Gasteiger partial charge in [0.2, 0.25) is 0 Å². The average molecular weight is 416 g/mol. The Morgan fingerprint density at radius 3 is 2.66 bits per heavy atom. The predicted octanol–water partition coefficient (Wildman–Crippen LogP) is 4.62. The molecule has 0 radical (unpaired) electrons. The van der Waals surface area contributed by atoms with Crippen molar-refractivity contribution in [3.05, 3.63) is 70.7 Å². The number of halogens is 3. The van der Waals surface area contributed by atoms with Crippen molar-refractivity contribution in [1.82, 2.24) is 10.3 Å². The van der Waals surface area contributed by atoms with Gasteiger partial charge in [-0.05, 0) is 42.5 Å². The lowest BCUT2D eigenvalue weighted by molar-refractivity contribution is -0.137. The Morgan fingerprint density at radius 1 is 1.21 bits per heavy atom. The van der Waals surface area contributed by atoms with E-state index >= 15 is 0 Å². The number of hydrogen-bond donors (Lipinski definition) is 1. The van der Waals surface area contributed by atoms with Crippen molar-refractivity contribution >= 4 is 17.2 Å². The first kappa shape index (κ1) is 20.4. The van der Waals surface area contributed by atoms with Crippen molar-refractivity contribution in [1.29, 1.82) is 0 Å². The van der Waals surface area contributed by atoms with Crippen LogP contribution in [0.2, 0.25) is 0 Å². The largest absolute Gasteiger partial charge is 0.497 e. The molecule has 0 saturated carbocycles. The number of carbonyl (C=O) groups is 1. The summed E-state index contributed by atoms with van der Waals surface area (Å²) in [5.74, 6) is 5.58. The summed E-state index contributed by atoms with van der Waals surface area (Å²) in [6.45, 7) is -0.00945.